The summed E-state index contributed by atoms with van der Waals surface area (Å²) in [4.78, 5) is 24.8. The molecule has 0 unspecified atom stereocenters. The third-order valence-corrected chi connectivity index (χ3v) is 6.73. The molecular weight excluding hydrogens is 458 g/mol. The van der Waals surface area contributed by atoms with Gasteiger partial charge in [-0.05, 0) is 49.8 Å². The molecule has 0 saturated heterocycles. The lowest BCUT2D eigenvalue weighted by atomic mass is 9.87. The first-order valence-corrected chi connectivity index (χ1v) is 12.8. The van der Waals surface area contributed by atoms with E-state index >= 15 is 0 Å². The van der Waals surface area contributed by atoms with Crippen LogP contribution < -0.4 is 10.6 Å². The summed E-state index contributed by atoms with van der Waals surface area (Å²) in [5.41, 5.74) is 6.27. The molecule has 0 atom stereocenters. The van der Waals surface area contributed by atoms with Crippen LogP contribution in [0.15, 0.2) is 41.6 Å². The van der Waals surface area contributed by atoms with Crippen molar-refractivity contribution < 1.29 is 9.59 Å². The van der Waals surface area contributed by atoms with E-state index in [4.69, 9.17) is 0 Å². The van der Waals surface area contributed by atoms with E-state index in [1.54, 1.807) is 0 Å². The first-order chi connectivity index (χ1) is 16.5. The second kappa shape index (κ2) is 11.1. The number of aryl methyl sites for hydroxylation is 3. The SMILES string of the molecule is CCn1c(SCC(=O)NCC(=O)Nc2c(C)cc(C)cc2C)nnc1-c1ccc(C(C)(C)C)cc1. The summed E-state index contributed by atoms with van der Waals surface area (Å²) in [6.45, 7) is 15.1. The van der Waals surface area contributed by atoms with Gasteiger partial charge in [-0.1, -0.05) is 74.5 Å². The highest BCUT2D eigenvalue weighted by molar-refractivity contribution is 7.99. The van der Waals surface area contributed by atoms with E-state index in [0.29, 0.717) is 11.7 Å². The molecule has 0 saturated carbocycles. The summed E-state index contributed by atoms with van der Waals surface area (Å²) in [7, 11) is 0. The number of carbonyl (C=O) groups excluding carboxylic acids is 2. The highest BCUT2D eigenvalue weighted by Crippen LogP contribution is 2.27. The molecule has 3 aromatic rings. The number of rotatable bonds is 8. The van der Waals surface area contributed by atoms with E-state index in [9.17, 15) is 9.59 Å². The summed E-state index contributed by atoms with van der Waals surface area (Å²) < 4.78 is 2.00. The van der Waals surface area contributed by atoms with Gasteiger partial charge < -0.3 is 15.2 Å². The number of benzene rings is 2. The lowest BCUT2D eigenvalue weighted by Crippen LogP contribution is -2.34. The Balaban J connectivity index is 1.57. The van der Waals surface area contributed by atoms with E-state index in [1.165, 1.54) is 17.3 Å². The van der Waals surface area contributed by atoms with Gasteiger partial charge in [0.05, 0.1) is 12.3 Å². The van der Waals surface area contributed by atoms with Gasteiger partial charge >= 0.3 is 0 Å². The van der Waals surface area contributed by atoms with Crippen LogP contribution in [0.1, 0.15) is 49.9 Å². The summed E-state index contributed by atoms with van der Waals surface area (Å²) in [5, 5.41) is 14.9. The van der Waals surface area contributed by atoms with Gasteiger partial charge in [0.1, 0.15) is 0 Å². The van der Waals surface area contributed by atoms with Crippen LogP contribution in [-0.2, 0) is 21.5 Å². The molecule has 0 aliphatic rings. The number of aromatic nitrogens is 3. The van der Waals surface area contributed by atoms with E-state index in [-0.39, 0.29) is 29.5 Å². The van der Waals surface area contributed by atoms with Crippen LogP contribution in [0.4, 0.5) is 5.69 Å². The third-order valence-electron chi connectivity index (χ3n) is 5.76. The lowest BCUT2D eigenvalue weighted by Gasteiger charge is -2.19. The van der Waals surface area contributed by atoms with Gasteiger partial charge in [0.2, 0.25) is 11.8 Å². The zero-order chi connectivity index (χ0) is 25.8. The highest BCUT2D eigenvalue weighted by atomic mass is 32.2. The Morgan fingerprint density at radius 1 is 0.971 bits per heavy atom. The minimum absolute atomic E-state index is 0.0834. The molecule has 7 nitrogen and oxygen atoms in total. The van der Waals surface area contributed by atoms with Crippen LogP contribution in [0.3, 0.4) is 0 Å². The fraction of sp³-hybridized carbons (Fsp3) is 0.407. The van der Waals surface area contributed by atoms with Crippen molar-refractivity contribution in [2.75, 3.05) is 17.6 Å². The Bertz CT molecular complexity index is 1190. The molecule has 0 aliphatic heterocycles. The van der Waals surface area contributed by atoms with E-state index in [0.717, 1.165) is 33.8 Å². The van der Waals surface area contributed by atoms with Gasteiger partial charge in [-0.3, -0.25) is 9.59 Å². The van der Waals surface area contributed by atoms with Gasteiger partial charge in [0.15, 0.2) is 11.0 Å². The van der Waals surface area contributed by atoms with Crippen LogP contribution in [0, 0.1) is 20.8 Å². The molecule has 2 amide bonds. The van der Waals surface area contributed by atoms with Crippen molar-refractivity contribution in [1.82, 2.24) is 20.1 Å². The van der Waals surface area contributed by atoms with Gasteiger partial charge in [-0.15, -0.1) is 10.2 Å². The van der Waals surface area contributed by atoms with E-state index in [2.05, 4.69) is 65.9 Å². The average Bonchev–Trinajstić information content (AvgIpc) is 3.21. The summed E-state index contributed by atoms with van der Waals surface area (Å²) in [5.74, 6) is 0.441. The molecule has 0 spiro atoms. The third kappa shape index (κ3) is 6.72. The second-order valence-electron chi connectivity index (χ2n) is 9.77. The van der Waals surface area contributed by atoms with Crippen molar-refractivity contribution in [2.24, 2.45) is 0 Å². The van der Waals surface area contributed by atoms with E-state index < -0.39 is 0 Å². The molecule has 0 radical (unpaired) electrons. The molecular formula is C27H35N5O2S. The zero-order valence-electron chi connectivity index (χ0n) is 21.7. The normalized spacial score (nSPS) is 11.4. The average molecular weight is 494 g/mol. The highest BCUT2D eigenvalue weighted by Gasteiger charge is 2.17. The fourth-order valence-electron chi connectivity index (χ4n) is 3.93. The Kier molecular flexibility index (Phi) is 8.38. The molecule has 8 heteroatoms. The number of thioether (sulfide) groups is 1. The number of nitrogens with one attached hydrogen (secondary N) is 2. The minimum Gasteiger partial charge on any atom is -0.346 e. The Labute approximate surface area is 212 Å². The smallest absolute Gasteiger partial charge is 0.243 e. The first kappa shape index (κ1) is 26.5. The quantitative estimate of drug-likeness (QED) is 0.430. The number of nitrogens with zero attached hydrogens (tertiary/aromatic N) is 3. The number of carbonyl (C=O) groups is 2. The van der Waals surface area contributed by atoms with Crippen molar-refractivity contribution in [2.45, 2.75) is 65.6 Å². The number of hydrogen-bond donors (Lipinski definition) is 2. The van der Waals surface area contributed by atoms with Gasteiger partial charge in [-0.25, -0.2) is 0 Å². The molecule has 0 fully saturated rings. The minimum atomic E-state index is -0.254. The van der Waals surface area contributed by atoms with Crippen molar-refractivity contribution in [1.29, 1.82) is 0 Å². The van der Waals surface area contributed by atoms with Crippen molar-refractivity contribution in [3.63, 3.8) is 0 Å². The molecule has 2 aromatic carbocycles. The van der Waals surface area contributed by atoms with Crippen LogP contribution in [0.25, 0.3) is 11.4 Å². The predicted octanol–water partition coefficient (Wildman–Crippen LogP) is 5.03. The second-order valence-corrected chi connectivity index (χ2v) is 10.7. The molecule has 186 valence electrons. The number of hydrogen-bond acceptors (Lipinski definition) is 5. The predicted molar refractivity (Wildman–Crippen MR) is 143 cm³/mol. The first-order valence-electron chi connectivity index (χ1n) is 11.8. The Morgan fingerprint density at radius 3 is 2.17 bits per heavy atom. The summed E-state index contributed by atoms with van der Waals surface area (Å²) in [6.07, 6.45) is 0. The summed E-state index contributed by atoms with van der Waals surface area (Å²) >= 11 is 1.31. The molecule has 35 heavy (non-hydrogen) atoms. The standard InChI is InChI=1S/C27H35N5O2S/c1-8-32-25(20-9-11-21(12-10-20)27(5,6)7)30-31-26(32)35-16-23(34)28-15-22(33)29-24-18(3)13-17(2)14-19(24)4/h9-14H,8,15-16H2,1-7H3,(H,28,34)(H,29,33). The van der Waals surface area contributed by atoms with Crippen LogP contribution in [-0.4, -0.2) is 38.9 Å². The fourth-order valence-corrected chi connectivity index (χ4v) is 4.77. The summed E-state index contributed by atoms with van der Waals surface area (Å²) in [6, 6.07) is 12.4. The topological polar surface area (TPSA) is 88.9 Å². The molecule has 3 rings (SSSR count). The molecule has 2 N–H and O–H groups in total. The largest absolute Gasteiger partial charge is 0.346 e. The van der Waals surface area contributed by atoms with Crippen molar-refractivity contribution in [3.05, 3.63) is 58.7 Å². The lowest BCUT2D eigenvalue weighted by molar-refractivity contribution is -0.122. The molecule has 1 heterocycles. The maximum atomic E-state index is 12.4. The molecule has 0 aliphatic carbocycles. The van der Waals surface area contributed by atoms with Crippen LogP contribution in [0.5, 0.6) is 0 Å². The maximum Gasteiger partial charge on any atom is 0.243 e. The molecule has 0 bridgehead atoms. The van der Waals surface area contributed by atoms with Gasteiger partial charge in [-0.2, -0.15) is 0 Å². The van der Waals surface area contributed by atoms with Gasteiger partial charge in [0, 0.05) is 17.8 Å². The van der Waals surface area contributed by atoms with Crippen LogP contribution >= 0.6 is 11.8 Å². The Hall–Kier alpha value is -3.13. The van der Waals surface area contributed by atoms with Gasteiger partial charge in [0.25, 0.3) is 0 Å². The van der Waals surface area contributed by atoms with Crippen molar-refractivity contribution >= 4 is 29.3 Å². The number of amides is 2. The van der Waals surface area contributed by atoms with Crippen molar-refractivity contribution in [3.8, 4) is 11.4 Å². The number of anilines is 1. The Morgan fingerprint density at radius 2 is 1.60 bits per heavy atom. The maximum absolute atomic E-state index is 12.4. The van der Waals surface area contributed by atoms with Crippen LogP contribution in [0.2, 0.25) is 0 Å². The van der Waals surface area contributed by atoms with E-state index in [1.807, 2.05) is 44.4 Å². The monoisotopic (exact) mass is 493 g/mol. The molecule has 1 aromatic heterocycles. The zero-order valence-corrected chi connectivity index (χ0v) is 22.5.